The van der Waals surface area contributed by atoms with E-state index in [1.807, 2.05) is 37.6 Å². The standard InChI is InChI=1S/C14H16BrN3O/c1-4-18-12(14(15)10(3)17-18)8-13(19)11-7-9(2)5-6-16-11/h5-7H,4,8H2,1-3H3. The van der Waals surface area contributed by atoms with Gasteiger partial charge in [0.15, 0.2) is 5.78 Å². The molecule has 100 valence electrons. The van der Waals surface area contributed by atoms with Gasteiger partial charge in [-0.25, -0.2) is 0 Å². The highest BCUT2D eigenvalue weighted by Gasteiger charge is 2.17. The van der Waals surface area contributed by atoms with Crippen molar-refractivity contribution in [1.29, 1.82) is 0 Å². The Bertz CT molecular complexity index is 619. The van der Waals surface area contributed by atoms with Crippen LogP contribution >= 0.6 is 15.9 Å². The third-order valence-electron chi connectivity index (χ3n) is 2.98. The molecule has 5 heteroatoms. The van der Waals surface area contributed by atoms with Crippen LogP contribution in [0.4, 0.5) is 0 Å². The van der Waals surface area contributed by atoms with Gasteiger partial charge in [-0.2, -0.15) is 5.10 Å². The van der Waals surface area contributed by atoms with Gasteiger partial charge < -0.3 is 0 Å². The molecule has 4 nitrogen and oxygen atoms in total. The van der Waals surface area contributed by atoms with Gasteiger partial charge >= 0.3 is 0 Å². The molecule has 0 atom stereocenters. The van der Waals surface area contributed by atoms with Crippen LogP contribution in [0.5, 0.6) is 0 Å². The summed E-state index contributed by atoms with van der Waals surface area (Å²) in [5, 5.41) is 4.39. The molecule has 0 saturated carbocycles. The van der Waals surface area contributed by atoms with E-state index in [4.69, 9.17) is 0 Å². The summed E-state index contributed by atoms with van der Waals surface area (Å²) in [6.07, 6.45) is 1.98. The zero-order chi connectivity index (χ0) is 14.0. The summed E-state index contributed by atoms with van der Waals surface area (Å²) in [6, 6.07) is 3.70. The Labute approximate surface area is 121 Å². The van der Waals surface area contributed by atoms with Gasteiger partial charge in [0.25, 0.3) is 0 Å². The number of ketones is 1. The third kappa shape index (κ3) is 2.92. The molecule has 0 fully saturated rings. The first-order valence-electron chi connectivity index (χ1n) is 6.20. The summed E-state index contributed by atoms with van der Waals surface area (Å²) in [5.74, 6) is 0.0130. The number of hydrogen-bond acceptors (Lipinski definition) is 3. The van der Waals surface area contributed by atoms with Gasteiger partial charge in [-0.05, 0) is 54.4 Å². The number of carbonyl (C=O) groups is 1. The van der Waals surface area contributed by atoms with Crippen molar-refractivity contribution in [2.45, 2.75) is 33.7 Å². The molecule has 0 N–H and O–H groups in total. The smallest absolute Gasteiger partial charge is 0.187 e. The van der Waals surface area contributed by atoms with Crippen LogP contribution in [0.3, 0.4) is 0 Å². The summed E-state index contributed by atoms with van der Waals surface area (Å²) in [7, 11) is 0. The van der Waals surface area contributed by atoms with E-state index in [2.05, 4.69) is 26.0 Å². The first-order valence-corrected chi connectivity index (χ1v) is 6.99. The lowest BCUT2D eigenvalue weighted by Crippen LogP contribution is -2.11. The Hall–Kier alpha value is -1.49. The van der Waals surface area contributed by atoms with E-state index in [1.165, 1.54) is 0 Å². The van der Waals surface area contributed by atoms with E-state index >= 15 is 0 Å². The molecule has 0 radical (unpaired) electrons. The summed E-state index contributed by atoms with van der Waals surface area (Å²) in [5.41, 5.74) is 3.36. The second kappa shape index (κ2) is 5.65. The Balaban J connectivity index is 2.29. The van der Waals surface area contributed by atoms with Crippen LogP contribution in [-0.2, 0) is 13.0 Å². The highest BCUT2D eigenvalue weighted by Crippen LogP contribution is 2.22. The van der Waals surface area contributed by atoms with Gasteiger partial charge in [-0.1, -0.05) is 0 Å². The molecule has 0 unspecified atom stereocenters. The monoisotopic (exact) mass is 321 g/mol. The van der Waals surface area contributed by atoms with Crippen molar-refractivity contribution in [3.05, 3.63) is 45.4 Å². The topological polar surface area (TPSA) is 47.8 Å². The Morgan fingerprint density at radius 3 is 2.79 bits per heavy atom. The van der Waals surface area contributed by atoms with Crippen molar-refractivity contribution < 1.29 is 4.79 Å². The van der Waals surface area contributed by atoms with E-state index in [0.717, 1.165) is 28.0 Å². The average molecular weight is 322 g/mol. The molecular formula is C14H16BrN3O. The predicted molar refractivity (Wildman–Crippen MR) is 77.3 cm³/mol. The van der Waals surface area contributed by atoms with E-state index in [-0.39, 0.29) is 5.78 Å². The summed E-state index contributed by atoms with van der Waals surface area (Å²) in [6.45, 7) is 6.64. The van der Waals surface area contributed by atoms with E-state index in [9.17, 15) is 4.79 Å². The van der Waals surface area contributed by atoms with Gasteiger partial charge in [0.1, 0.15) is 5.69 Å². The van der Waals surface area contributed by atoms with Gasteiger partial charge in [-0.15, -0.1) is 0 Å². The quantitative estimate of drug-likeness (QED) is 0.813. The number of Topliss-reactive ketones (excluding diaryl/α,β-unsaturated/α-hetero) is 1. The zero-order valence-corrected chi connectivity index (χ0v) is 12.9. The number of halogens is 1. The second-order valence-electron chi connectivity index (χ2n) is 4.48. The molecular weight excluding hydrogens is 306 g/mol. The Morgan fingerprint density at radius 2 is 2.16 bits per heavy atom. The van der Waals surface area contributed by atoms with Crippen LogP contribution in [0.25, 0.3) is 0 Å². The Morgan fingerprint density at radius 1 is 1.42 bits per heavy atom. The first-order chi connectivity index (χ1) is 9.02. The minimum absolute atomic E-state index is 0.0130. The van der Waals surface area contributed by atoms with Gasteiger partial charge in [0.05, 0.1) is 22.3 Å². The number of aromatic nitrogens is 3. The van der Waals surface area contributed by atoms with Gasteiger partial charge in [-0.3, -0.25) is 14.5 Å². The number of carbonyl (C=O) groups excluding carboxylic acids is 1. The number of nitrogens with zero attached hydrogens (tertiary/aromatic N) is 3. The van der Waals surface area contributed by atoms with Crippen molar-refractivity contribution >= 4 is 21.7 Å². The molecule has 19 heavy (non-hydrogen) atoms. The lowest BCUT2D eigenvalue weighted by molar-refractivity contribution is 0.0985. The molecule has 2 rings (SSSR count). The minimum atomic E-state index is 0.0130. The number of hydrogen-bond donors (Lipinski definition) is 0. The fourth-order valence-corrected chi connectivity index (χ4v) is 2.39. The number of pyridine rings is 1. The zero-order valence-electron chi connectivity index (χ0n) is 11.3. The lowest BCUT2D eigenvalue weighted by Gasteiger charge is -2.05. The molecule has 2 aromatic rings. The van der Waals surface area contributed by atoms with E-state index in [0.29, 0.717) is 12.1 Å². The SMILES string of the molecule is CCn1nc(C)c(Br)c1CC(=O)c1cc(C)ccn1. The molecule has 0 aliphatic rings. The van der Waals surface area contributed by atoms with Gasteiger partial charge in [0.2, 0.25) is 0 Å². The molecule has 0 spiro atoms. The van der Waals surface area contributed by atoms with Crippen molar-refractivity contribution in [3.63, 3.8) is 0 Å². The third-order valence-corrected chi connectivity index (χ3v) is 4.01. The van der Waals surface area contributed by atoms with Crippen LogP contribution < -0.4 is 0 Å². The average Bonchev–Trinajstić information content (AvgIpc) is 2.66. The van der Waals surface area contributed by atoms with Crippen LogP contribution in [0.2, 0.25) is 0 Å². The maximum atomic E-state index is 12.3. The summed E-state index contributed by atoms with van der Waals surface area (Å²) >= 11 is 3.50. The summed E-state index contributed by atoms with van der Waals surface area (Å²) < 4.78 is 2.77. The molecule has 2 aromatic heterocycles. The van der Waals surface area contributed by atoms with Crippen LogP contribution in [0.15, 0.2) is 22.8 Å². The second-order valence-corrected chi connectivity index (χ2v) is 5.27. The molecule has 2 heterocycles. The van der Waals surface area contributed by atoms with E-state index in [1.54, 1.807) is 6.20 Å². The minimum Gasteiger partial charge on any atom is -0.292 e. The first kappa shape index (κ1) is 13.9. The Kier molecular flexibility index (Phi) is 4.14. The van der Waals surface area contributed by atoms with Crippen LogP contribution in [-0.4, -0.2) is 20.5 Å². The largest absolute Gasteiger partial charge is 0.292 e. The van der Waals surface area contributed by atoms with Crippen molar-refractivity contribution in [3.8, 4) is 0 Å². The highest BCUT2D eigenvalue weighted by molar-refractivity contribution is 9.10. The fraction of sp³-hybridized carbons (Fsp3) is 0.357. The lowest BCUT2D eigenvalue weighted by atomic mass is 10.1. The van der Waals surface area contributed by atoms with Crippen LogP contribution in [0.1, 0.15) is 34.4 Å². The van der Waals surface area contributed by atoms with E-state index < -0.39 is 0 Å². The van der Waals surface area contributed by atoms with Gasteiger partial charge in [0, 0.05) is 12.7 Å². The molecule has 0 saturated heterocycles. The van der Waals surface area contributed by atoms with Crippen molar-refractivity contribution in [2.75, 3.05) is 0 Å². The summed E-state index contributed by atoms with van der Waals surface area (Å²) in [4.78, 5) is 16.4. The molecule has 0 amide bonds. The highest BCUT2D eigenvalue weighted by atomic mass is 79.9. The molecule has 0 aromatic carbocycles. The maximum Gasteiger partial charge on any atom is 0.187 e. The number of rotatable bonds is 4. The molecule has 0 aliphatic heterocycles. The predicted octanol–water partition coefficient (Wildman–Crippen LogP) is 3.10. The normalized spacial score (nSPS) is 10.7. The van der Waals surface area contributed by atoms with Crippen molar-refractivity contribution in [2.24, 2.45) is 0 Å². The molecule has 0 aliphatic carbocycles. The van der Waals surface area contributed by atoms with Crippen molar-refractivity contribution in [1.82, 2.24) is 14.8 Å². The number of aryl methyl sites for hydroxylation is 3. The molecule has 0 bridgehead atoms. The van der Waals surface area contributed by atoms with Crippen LogP contribution in [0, 0.1) is 13.8 Å². The maximum absolute atomic E-state index is 12.3. The fourth-order valence-electron chi connectivity index (χ4n) is 1.97.